The fourth-order valence-corrected chi connectivity index (χ4v) is 5.46. The number of thiophene rings is 1. The maximum absolute atomic E-state index is 11.7. The average Bonchev–Trinajstić information content (AvgIpc) is 3.41. The Bertz CT molecular complexity index is 1090. The second kappa shape index (κ2) is 8.38. The van der Waals surface area contributed by atoms with Crippen LogP contribution in [-0.4, -0.2) is 29.6 Å². The van der Waals surface area contributed by atoms with Crippen molar-refractivity contribution in [3.05, 3.63) is 52.9 Å². The molecule has 0 saturated carbocycles. The molecule has 28 heavy (non-hydrogen) atoms. The maximum atomic E-state index is 11.7. The number of carbonyl (C=O) groups is 1. The average molecular weight is 430 g/mol. The maximum Gasteiger partial charge on any atom is 0.311 e. The van der Waals surface area contributed by atoms with Gasteiger partial charge in [0.2, 0.25) is 0 Å². The van der Waals surface area contributed by atoms with Crippen LogP contribution in [0.15, 0.2) is 51.4 Å². The number of fused-ring (bicyclic) bond motifs is 1. The number of anilines is 1. The molecule has 0 radical (unpaired) electrons. The first-order valence-corrected chi connectivity index (χ1v) is 11.3. The van der Waals surface area contributed by atoms with E-state index in [1.807, 2.05) is 5.38 Å². The first kappa shape index (κ1) is 19.0. The largest absolute Gasteiger partial charge is 0.466 e. The van der Waals surface area contributed by atoms with Crippen molar-refractivity contribution in [3.63, 3.8) is 0 Å². The molecule has 1 N–H and O–H groups in total. The number of esters is 1. The molecule has 0 aliphatic heterocycles. The molecule has 4 aromatic rings. The van der Waals surface area contributed by atoms with E-state index in [-0.39, 0.29) is 12.4 Å². The van der Waals surface area contributed by atoms with Gasteiger partial charge in [-0.05, 0) is 42.5 Å². The van der Waals surface area contributed by atoms with Crippen molar-refractivity contribution >= 4 is 57.2 Å². The Morgan fingerprint density at radius 3 is 2.96 bits per heavy atom. The van der Waals surface area contributed by atoms with E-state index in [1.165, 1.54) is 15.5 Å². The van der Waals surface area contributed by atoms with Crippen LogP contribution in [0, 0.1) is 0 Å². The molecule has 1 aromatic carbocycles. The molecule has 0 aliphatic carbocycles. The molecule has 0 spiro atoms. The smallest absolute Gasteiger partial charge is 0.311 e. The van der Waals surface area contributed by atoms with Crippen LogP contribution in [0.5, 0.6) is 0 Å². The van der Waals surface area contributed by atoms with Crippen LogP contribution in [0.3, 0.4) is 0 Å². The van der Waals surface area contributed by atoms with E-state index in [1.54, 1.807) is 30.2 Å². The van der Waals surface area contributed by atoms with Gasteiger partial charge in [0.15, 0.2) is 0 Å². The van der Waals surface area contributed by atoms with Gasteiger partial charge in [0.25, 0.3) is 0 Å². The zero-order valence-corrected chi connectivity index (χ0v) is 17.9. The molecule has 0 unspecified atom stereocenters. The Balaban J connectivity index is 1.60. The van der Waals surface area contributed by atoms with Gasteiger partial charge in [0, 0.05) is 17.8 Å². The number of H-pyrrole nitrogens is 1. The summed E-state index contributed by atoms with van der Waals surface area (Å²) in [6, 6.07) is 12.5. The number of hydrogen-bond donors (Lipinski definition) is 1. The molecule has 3 aromatic heterocycles. The number of nitrogens with zero attached hydrogens (tertiary/aromatic N) is 2. The molecule has 3 heterocycles. The monoisotopic (exact) mass is 429 g/mol. The summed E-state index contributed by atoms with van der Waals surface area (Å²) in [4.78, 5) is 19.8. The highest BCUT2D eigenvalue weighted by Crippen LogP contribution is 2.36. The number of ether oxygens (including phenoxy) is 1. The highest BCUT2D eigenvalue weighted by molar-refractivity contribution is 8.02. The number of aromatic amines is 1. The zero-order valence-electron chi connectivity index (χ0n) is 15.5. The number of carbonyl (C=O) groups excluding carboxylic acids is 1. The van der Waals surface area contributed by atoms with Crippen LogP contribution in [0.25, 0.3) is 21.6 Å². The minimum atomic E-state index is -0.245. The second-order valence-corrected chi connectivity index (χ2v) is 9.31. The number of benzene rings is 1. The summed E-state index contributed by atoms with van der Waals surface area (Å²) in [7, 11) is 2.07. The molecule has 144 valence electrons. The summed E-state index contributed by atoms with van der Waals surface area (Å²) in [5.41, 5.74) is 3.89. The van der Waals surface area contributed by atoms with Crippen LogP contribution in [0.2, 0.25) is 0 Å². The van der Waals surface area contributed by atoms with Crippen LogP contribution in [0.1, 0.15) is 12.6 Å². The first-order chi connectivity index (χ1) is 13.6. The lowest BCUT2D eigenvalue weighted by Gasteiger charge is -2.17. The molecule has 5 nitrogen and oxygen atoms in total. The molecule has 0 saturated heterocycles. The Morgan fingerprint density at radius 2 is 2.18 bits per heavy atom. The summed E-state index contributed by atoms with van der Waals surface area (Å²) in [5.74, 6) is -0.245. The Morgan fingerprint density at radius 1 is 1.29 bits per heavy atom. The highest BCUT2D eigenvalue weighted by Gasteiger charge is 2.14. The van der Waals surface area contributed by atoms with Gasteiger partial charge in [0.1, 0.15) is 5.01 Å². The summed E-state index contributed by atoms with van der Waals surface area (Å²) >= 11 is 4.96. The van der Waals surface area contributed by atoms with E-state index in [0.717, 1.165) is 33.0 Å². The topological polar surface area (TPSA) is 58.2 Å². The molecule has 0 bridgehead atoms. The third-order valence-electron chi connectivity index (χ3n) is 4.11. The van der Waals surface area contributed by atoms with Gasteiger partial charge in [-0.25, -0.2) is 4.98 Å². The van der Waals surface area contributed by atoms with Gasteiger partial charge in [-0.15, -0.1) is 22.7 Å². The van der Waals surface area contributed by atoms with E-state index in [2.05, 4.69) is 63.1 Å². The van der Waals surface area contributed by atoms with Gasteiger partial charge in [-0.3, -0.25) is 4.79 Å². The molecule has 0 aliphatic rings. The molecular formula is C20H19N3O2S3. The Hall–Kier alpha value is -2.29. The number of rotatable bonds is 7. The zero-order chi connectivity index (χ0) is 19.5. The van der Waals surface area contributed by atoms with E-state index < -0.39 is 0 Å². The fraction of sp³-hybridized carbons (Fsp3) is 0.200. The van der Waals surface area contributed by atoms with Crippen LogP contribution in [0.4, 0.5) is 5.69 Å². The predicted molar refractivity (Wildman–Crippen MR) is 118 cm³/mol. The summed E-state index contributed by atoms with van der Waals surface area (Å²) in [6.07, 6.45) is 0.204. The van der Waals surface area contributed by atoms with Gasteiger partial charge in [-0.1, -0.05) is 18.2 Å². The van der Waals surface area contributed by atoms with E-state index >= 15 is 0 Å². The highest BCUT2D eigenvalue weighted by atomic mass is 32.2. The minimum Gasteiger partial charge on any atom is -0.466 e. The molecule has 0 atom stereocenters. The molecule has 0 fully saturated rings. The predicted octanol–water partition coefficient (Wildman–Crippen LogP) is 5.60. The molecule has 8 heteroatoms. The minimum absolute atomic E-state index is 0.204. The Kier molecular flexibility index (Phi) is 5.70. The standard InChI is InChI=1S/C20H19N3O2S3/c1-3-25-17(24)11-14-12-27-20(21-14)15-10-13-6-4-7-16(19(13)22-15)23(2)28-18-8-5-9-26-18/h4-10,12,22H,3,11H2,1-2H3. The number of nitrogens with one attached hydrogen (secondary N) is 1. The Labute approximate surface area is 175 Å². The van der Waals surface area contributed by atoms with Crippen molar-refractivity contribution in [3.8, 4) is 10.7 Å². The molecule has 4 rings (SSSR count). The van der Waals surface area contributed by atoms with Crippen molar-refractivity contribution in [1.82, 2.24) is 9.97 Å². The fourth-order valence-electron chi connectivity index (χ4n) is 2.89. The van der Waals surface area contributed by atoms with Crippen LogP contribution < -0.4 is 4.31 Å². The molecule has 0 amide bonds. The van der Waals surface area contributed by atoms with Gasteiger partial charge in [0.05, 0.1) is 39.8 Å². The molecular weight excluding hydrogens is 410 g/mol. The van der Waals surface area contributed by atoms with Crippen molar-refractivity contribution in [1.29, 1.82) is 0 Å². The lowest BCUT2D eigenvalue weighted by molar-refractivity contribution is -0.142. The van der Waals surface area contributed by atoms with E-state index in [0.29, 0.717) is 6.61 Å². The van der Waals surface area contributed by atoms with Gasteiger partial charge in [-0.2, -0.15) is 0 Å². The SMILES string of the molecule is CCOC(=O)Cc1csc(-c2cc3cccc(N(C)Sc4cccs4)c3[nH]2)n1. The van der Waals surface area contributed by atoms with E-state index in [4.69, 9.17) is 4.74 Å². The van der Waals surface area contributed by atoms with E-state index in [9.17, 15) is 4.79 Å². The number of hydrogen-bond acceptors (Lipinski definition) is 7. The summed E-state index contributed by atoms with van der Waals surface area (Å²) in [6.45, 7) is 2.19. The lowest BCUT2D eigenvalue weighted by Crippen LogP contribution is -2.07. The summed E-state index contributed by atoms with van der Waals surface area (Å²) < 4.78 is 8.42. The van der Waals surface area contributed by atoms with Crippen molar-refractivity contribution in [2.75, 3.05) is 18.0 Å². The number of para-hydroxylation sites is 1. The quantitative estimate of drug-likeness (QED) is 0.306. The van der Waals surface area contributed by atoms with Crippen LogP contribution in [-0.2, 0) is 16.0 Å². The summed E-state index contributed by atoms with van der Waals surface area (Å²) in [5, 5.41) is 6.00. The first-order valence-electron chi connectivity index (χ1n) is 8.81. The van der Waals surface area contributed by atoms with Crippen molar-refractivity contribution in [2.45, 2.75) is 17.6 Å². The third-order valence-corrected chi connectivity index (χ3v) is 6.99. The third kappa shape index (κ3) is 4.09. The number of aromatic nitrogens is 2. The number of thiazole rings is 1. The second-order valence-electron chi connectivity index (χ2n) is 6.07. The lowest BCUT2D eigenvalue weighted by atomic mass is 10.2. The van der Waals surface area contributed by atoms with Crippen molar-refractivity contribution in [2.24, 2.45) is 0 Å². The van der Waals surface area contributed by atoms with Gasteiger partial charge < -0.3 is 14.0 Å². The van der Waals surface area contributed by atoms with Gasteiger partial charge >= 0.3 is 5.97 Å². The normalized spacial score (nSPS) is 11.1. The van der Waals surface area contributed by atoms with Crippen LogP contribution >= 0.6 is 34.6 Å². The van der Waals surface area contributed by atoms with Crippen molar-refractivity contribution < 1.29 is 9.53 Å².